The zero-order valence-corrected chi connectivity index (χ0v) is 29.4. The molecule has 0 spiro atoms. The van der Waals surface area contributed by atoms with Crippen molar-refractivity contribution in [1.82, 2.24) is 0 Å². The van der Waals surface area contributed by atoms with E-state index in [0.29, 0.717) is 6.61 Å². The van der Waals surface area contributed by atoms with E-state index in [1.54, 1.807) is 0 Å². The molecule has 0 rings (SSSR count). The van der Waals surface area contributed by atoms with Crippen molar-refractivity contribution in [2.75, 3.05) is 12.4 Å². The molecule has 0 amide bonds. The van der Waals surface area contributed by atoms with Gasteiger partial charge in [-0.2, -0.15) is 12.6 Å². The van der Waals surface area contributed by atoms with Crippen LogP contribution in [-0.4, -0.2) is 17.5 Å². The second kappa shape index (κ2) is 40.3. The summed E-state index contributed by atoms with van der Waals surface area (Å²) in [5, 5.41) is 8.79. The highest BCUT2D eigenvalue weighted by Crippen LogP contribution is 2.17. The van der Waals surface area contributed by atoms with Crippen molar-refractivity contribution in [3.05, 3.63) is 0 Å². The monoisotopic (exact) mass is 597 g/mol. The van der Waals surface area contributed by atoms with E-state index in [1.807, 2.05) is 0 Å². The van der Waals surface area contributed by atoms with Crippen LogP contribution in [-0.2, 0) is 0 Å². The highest BCUT2D eigenvalue weighted by molar-refractivity contribution is 7.80. The van der Waals surface area contributed by atoms with E-state index in [1.165, 1.54) is 231 Å². The van der Waals surface area contributed by atoms with Crippen LogP contribution >= 0.6 is 12.6 Å². The first kappa shape index (κ1) is 41.3. The summed E-state index contributed by atoms with van der Waals surface area (Å²) in [7, 11) is 0. The minimum Gasteiger partial charge on any atom is -0.396 e. The number of hydrogen-bond acceptors (Lipinski definition) is 2. The lowest BCUT2D eigenvalue weighted by atomic mass is 10.0. The minimum atomic E-state index is 0.374. The molecule has 0 heterocycles. The Balaban J connectivity index is 3.02. The third-order valence-corrected chi connectivity index (χ3v) is 9.63. The minimum absolute atomic E-state index is 0.374. The zero-order valence-electron chi connectivity index (χ0n) is 28.5. The lowest BCUT2D eigenvalue weighted by molar-refractivity contribution is 0.282. The summed E-state index contributed by atoms with van der Waals surface area (Å²) in [6.07, 6.45) is 53.2. The number of aliphatic hydroxyl groups excluding tert-OH is 1. The van der Waals surface area contributed by atoms with Crippen molar-refractivity contribution in [2.45, 2.75) is 238 Å². The summed E-state index contributed by atoms with van der Waals surface area (Å²) >= 11 is 4.29. The maximum atomic E-state index is 8.79. The maximum absolute atomic E-state index is 8.79. The van der Waals surface area contributed by atoms with E-state index in [0.717, 1.165) is 12.2 Å². The van der Waals surface area contributed by atoms with E-state index in [4.69, 9.17) is 5.11 Å². The van der Waals surface area contributed by atoms with Gasteiger partial charge in [-0.05, 0) is 18.6 Å². The number of thiol groups is 1. The van der Waals surface area contributed by atoms with Gasteiger partial charge in [0.1, 0.15) is 0 Å². The molecular weight excluding hydrogens is 516 g/mol. The average molecular weight is 597 g/mol. The van der Waals surface area contributed by atoms with Crippen LogP contribution in [0.2, 0.25) is 0 Å². The van der Waals surface area contributed by atoms with Crippen LogP contribution in [0.5, 0.6) is 0 Å². The molecule has 0 aliphatic carbocycles. The SMILES string of the molecule is OCCCCCCCCCCCCCCCCCCCCCCCCCCCCCCCCCCCCCCCS. The van der Waals surface area contributed by atoms with Gasteiger partial charge in [0.2, 0.25) is 0 Å². The fraction of sp³-hybridized carbons (Fsp3) is 1.00. The lowest BCUT2D eigenvalue weighted by Gasteiger charge is -2.05. The molecule has 248 valence electrons. The van der Waals surface area contributed by atoms with Crippen molar-refractivity contribution < 1.29 is 5.11 Å². The molecule has 2 heteroatoms. The van der Waals surface area contributed by atoms with E-state index < -0.39 is 0 Å². The average Bonchev–Trinajstić information content (AvgIpc) is 2.98. The van der Waals surface area contributed by atoms with Crippen molar-refractivity contribution in [3.8, 4) is 0 Å². The van der Waals surface area contributed by atoms with Crippen molar-refractivity contribution >= 4 is 12.6 Å². The Morgan fingerprint density at radius 1 is 0.195 bits per heavy atom. The number of hydrogen-bond donors (Lipinski definition) is 2. The summed E-state index contributed by atoms with van der Waals surface area (Å²) < 4.78 is 0. The molecule has 41 heavy (non-hydrogen) atoms. The molecule has 0 radical (unpaired) electrons. The Bertz CT molecular complexity index is 388. The molecule has 0 aliphatic rings. The van der Waals surface area contributed by atoms with Gasteiger partial charge in [0.05, 0.1) is 0 Å². The highest BCUT2D eigenvalue weighted by atomic mass is 32.1. The van der Waals surface area contributed by atoms with Crippen molar-refractivity contribution in [2.24, 2.45) is 0 Å². The summed E-state index contributed by atoms with van der Waals surface area (Å²) in [4.78, 5) is 0. The van der Waals surface area contributed by atoms with Crippen LogP contribution < -0.4 is 0 Å². The molecule has 1 N–H and O–H groups in total. The highest BCUT2D eigenvalue weighted by Gasteiger charge is 1.97. The van der Waals surface area contributed by atoms with Gasteiger partial charge in [-0.15, -0.1) is 0 Å². The van der Waals surface area contributed by atoms with E-state index >= 15 is 0 Å². The van der Waals surface area contributed by atoms with Crippen LogP contribution in [0.15, 0.2) is 0 Å². The first-order valence-electron chi connectivity index (χ1n) is 19.6. The predicted octanol–water partition coefficient (Wildman–Crippen LogP) is 14.3. The molecule has 0 bridgehead atoms. The quantitative estimate of drug-likeness (QED) is 0.0536. The maximum Gasteiger partial charge on any atom is 0.0431 e. The van der Waals surface area contributed by atoms with E-state index in [2.05, 4.69) is 12.6 Å². The Morgan fingerprint density at radius 3 is 0.439 bits per heavy atom. The molecule has 0 atom stereocenters. The lowest BCUT2D eigenvalue weighted by Crippen LogP contribution is -1.85. The van der Waals surface area contributed by atoms with Crippen LogP contribution in [0.4, 0.5) is 0 Å². The summed E-state index contributed by atoms with van der Waals surface area (Å²) in [6, 6.07) is 0. The van der Waals surface area contributed by atoms with Gasteiger partial charge < -0.3 is 5.11 Å². The number of unbranched alkanes of at least 4 members (excludes halogenated alkanes) is 36. The fourth-order valence-electron chi connectivity index (χ4n) is 6.41. The molecule has 0 aromatic rings. The molecule has 0 unspecified atom stereocenters. The Kier molecular flexibility index (Phi) is 40.6. The summed E-state index contributed by atoms with van der Waals surface area (Å²) in [5.41, 5.74) is 0. The third kappa shape index (κ3) is 40.3. The zero-order chi connectivity index (χ0) is 29.6. The Morgan fingerprint density at radius 2 is 0.317 bits per heavy atom. The third-order valence-electron chi connectivity index (χ3n) is 9.32. The van der Waals surface area contributed by atoms with Gasteiger partial charge in [0.25, 0.3) is 0 Å². The normalized spacial score (nSPS) is 11.6. The van der Waals surface area contributed by atoms with Gasteiger partial charge in [-0.1, -0.05) is 225 Å². The van der Waals surface area contributed by atoms with Gasteiger partial charge in [0, 0.05) is 6.61 Å². The van der Waals surface area contributed by atoms with Crippen LogP contribution in [0.25, 0.3) is 0 Å². The molecular formula is C39H80OS. The number of rotatable bonds is 38. The van der Waals surface area contributed by atoms with Crippen molar-refractivity contribution in [1.29, 1.82) is 0 Å². The molecule has 0 aromatic heterocycles. The first-order chi connectivity index (χ1) is 20.4. The summed E-state index contributed by atoms with van der Waals surface area (Å²) in [5.74, 6) is 1.07. The van der Waals surface area contributed by atoms with Gasteiger partial charge in [-0.3, -0.25) is 0 Å². The first-order valence-corrected chi connectivity index (χ1v) is 20.3. The van der Waals surface area contributed by atoms with Crippen LogP contribution in [0.3, 0.4) is 0 Å². The van der Waals surface area contributed by atoms with Crippen LogP contribution in [0.1, 0.15) is 238 Å². The molecule has 1 nitrogen and oxygen atoms in total. The molecule has 0 fully saturated rings. The largest absolute Gasteiger partial charge is 0.396 e. The topological polar surface area (TPSA) is 20.2 Å². The van der Waals surface area contributed by atoms with Crippen molar-refractivity contribution in [3.63, 3.8) is 0 Å². The van der Waals surface area contributed by atoms with Gasteiger partial charge in [0.15, 0.2) is 0 Å². The number of aliphatic hydroxyl groups is 1. The molecule has 0 aromatic carbocycles. The second-order valence-electron chi connectivity index (χ2n) is 13.5. The predicted molar refractivity (Wildman–Crippen MR) is 192 cm³/mol. The van der Waals surface area contributed by atoms with Gasteiger partial charge >= 0.3 is 0 Å². The molecule has 0 aliphatic heterocycles. The van der Waals surface area contributed by atoms with E-state index in [9.17, 15) is 0 Å². The molecule has 0 saturated carbocycles. The Hall–Kier alpha value is 0.310. The smallest absolute Gasteiger partial charge is 0.0431 e. The fourth-order valence-corrected chi connectivity index (χ4v) is 6.63. The van der Waals surface area contributed by atoms with Crippen LogP contribution in [0, 0.1) is 0 Å². The van der Waals surface area contributed by atoms with Gasteiger partial charge in [-0.25, -0.2) is 0 Å². The van der Waals surface area contributed by atoms with E-state index in [-0.39, 0.29) is 0 Å². The molecule has 0 saturated heterocycles. The summed E-state index contributed by atoms with van der Waals surface area (Å²) in [6.45, 7) is 0.374. The Labute approximate surface area is 267 Å². The second-order valence-corrected chi connectivity index (χ2v) is 14.0. The standard InChI is InChI=1S/C39H80OS/c40-38-36-34-32-30-28-26-24-22-20-18-16-14-12-10-8-6-4-2-1-3-5-7-9-11-13-15-17-19-21-23-25-27-29-31-33-35-37-39-41/h40-41H,1-39H2.